The molecule has 0 aromatic heterocycles. The van der Waals surface area contributed by atoms with E-state index in [1.165, 1.54) is 83.5 Å². The molecule has 1 rings (SSSR count). The summed E-state index contributed by atoms with van der Waals surface area (Å²) >= 11 is 0. The van der Waals surface area contributed by atoms with Gasteiger partial charge >= 0.3 is 23.9 Å². The van der Waals surface area contributed by atoms with E-state index in [0.29, 0.717) is 19.3 Å². The van der Waals surface area contributed by atoms with Gasteiger partial charge in [-0.15, -0.1) is 0 Å². The van der Waals surface area contributed by atoms with Crippen molar-refractivity contribution in [3.05, 3.63) is 48.6 Å². The number of aliphatic carboxylic acids is 1. The lowest BCUT2D eigenvalue weighted by Crippen LogP contribution is -2.61. The van der Waals surface area contributed by atoms with Crippen molar-refractivity contribution >= 4 is 23.9 Å². The van der Waals surface area contributed by atoms with Crippen LogP contribution in [0.3, 0.4) is 0 Å². The number of aliphatic hydroxyl groups is 2. The number of unbranched alkanes of at least 4 members (excludes halogenated alkanes) is 26. The van der Waals surface area contributed by atoms with E-state index in [4.69, 9.17) is 23.7 Å². The minimum atomic E-state index is -1.91. The molecule has 6 atom stereocenters. The average molecular weight is 1000 g/mol. The fourth-order valence-corrected chi connectivity index (χ4v) is 8.43. The largest absolute Gasteiger partial charge is 0.479 e. The Hall–Kier alpha value is -3.32. The van der Waals surface area contributed by atoms with Crippen LogP contribution in [0.4, 0.5) is 0 Å². The summed E-state index contributed by atoms with van der Waals surface area (Å²) in [5, 5.41) is 31.4. The normalized spacial score (nSPS) is 18.8. The SMILES string of the molecule is CCCCC/C=C\C/C=C\CCCCCCCC(=O)OCC(COC1OC(C(=O)O)C(O)C(O)C1OC(=O)CCCCCCC/C=C\C/C=C\CCCCC)OC(=O)CCCCCCCCCCCCC. The molecule has 71 heavy (non-hydrogen) atoms. The first-order valence-corrected chi connectivity index (χ1v) is 28.6. The summed E-state index contributed by atoms with van der Waals surface area (Å²) < 4.78 is 28.4. The Morgan fingerprint density at radius 3 is 1.30 bits per heavy atom. The van der Waals surface area contributed by atoms with E-state index >= 15 is 0 Å². The lowest BCUT2D eigenvalue weighted by Gasteiger charge is -2.40. The molecule has 12 heteroatoms. The van der Waals surface area contributed by atoms with Crippen molar-refractivity contribution in [1.29, 1.82) is 0 Å². The van der Waals surface area contributed by atoms with Gasteiger partial charge < -0.3 is 39.0 Å². The second-order valence-corrected chi connectivity index (χ2v) is 19.6. The lowest BCUT2D eigenvalue weighted by molar-refractivity contribution is -0.301. The Kier molecular flexibility index (Phi) is 44.1. The van der Waals surface area contributed by atoms with Gasteiger partial charge in [0.2, 0.25) is 0 Å². The number of carboxylic acids is 1. The summed E-state index contributed by atoms with van der Waals surface area (Å²) in [7, 11) is 0. The van der Waals surface area contributed by atoms with Crippen LogP contribution in [0.2, 0.25) is 0 Å². The van der Waals surface area contributed by atoms with Gasteiger partial charge in [0.05, 0.1) is 6.61 Å². The van der Waals surface area contributed by atoms with Crippen LogP contribution >= 0.6 is 0 Å². The standard InChI is InChI=1S/C59H102O12/c1-4-7-10-13-16-19-22-24-26-28-31-33-36-39-42-45-51(60)67-48-50(69-52(61)46-43-40-37-34-30-21-18-15-12-9-6-3)49-68-59-57(55(64)54(63)56(71-59)58(65)66)70-53(62)47-44-41-38-35-32-29-27-25-23-20-17-14-11-8-5-2/h16-17,19-20,24-27,50,54-57,59,63-64H,4-15,18,21-23,28-49H2,1-3H3,(H,65,66)/b19-16-,20-17-,26-24-,27-25-. The summed E-state index contributed by atoms with van der Waals surface area (Å²) in [6.45, 7) is 5.91. The molecule has 0 aromatic rings. The van der Waals surface area contributed by atoms with E-state index in [-0.39, 0.29) is 25.9 Å². The van der Waals surface area contributed by atoms with E-state index in [1.54, 1.807) is 0 Å². The van der Waals surface area contributed by atoms with Gasteiger partial charge in [0, 0.05) is 19.3 Å². The molecule has 6 unspecified atom stereocenters. The smallest absolute Gasteiger partial charge is 0.335 e. The van der Waals surface area contributed by atoms with Crippen molar-refractivity contribution in [3.63, 3.8) is 0 Å². The number of allylic oxidation sites excluding steroid dienone is 8. The highest BCUT2D eigenvalue weighted by atomic mass is 16.7. The number of carboxylic acid groups (broad SMARTS) is 1. The second kappa shape index (κ2) is 47.7. The number of carbonyl (C=O) groups is 4. The Morgan fingerprint density at radius 1 is 0.465 bits per heavy atom. The highest BCUT2D eigenvalue weighted by molar-refractivity contribution is 5.74. The molecule has 1 heterocycles. The quantitative estimate of drug-likeness (QED) is 0.0228. The Labute approximate surface area is 431 Å². The first-order chi connectivity index (χ1) is 34.6. The zero-order valence-electron chi connectivity index (χ0n) is 45.0. The van der Waals surface area contributed by atoms with Crippen molar-refractivity contribution < 1.29 is 58.2 Å². The number of rotatable bonds is 48. The molecule has 1 saturated heterocycles. The van der Waals surface area contributed by atoms with E-state index in [1.807, 2.05) is 0 Å². The van der Waals surface area contributed by atoms with Crippen LogP contribution < -0.4 is 0 Å². The van der Waals surface area contributed by atoms with Crippen molar-refractivity contribution in [2.45, 2.75) is 289 Å². The molecule has 1 aliphatic heterocycles. The molecule has 0 saturated carbocycles. The Bertz CT molecular complexity index is 1420. The number of carbonyl (C=O) groups excluding carboxylic acids is 3. The van der Waals surface area contributed by atoms with E-state index in [0.717, 1.165) is 109 Å². The zero-order chi connectivity index (χ0) is 51.8. The van der Waals surface area contributed by atoms with Gasteiger partial charge in [0.25, 0.3) is 0 Å². The van der Waals surface area contributed by atoms with Crippen molar-refractivity contribution in [3.8, 4) is 0 Å². The predicted octanol–water partition coefficient (Wildman–Crippen LogP) is 14.2. The van der Waals surface area contributed by atoms with Gasteiger partial charge in [-0.3, -0.25) is 14.4 Å². The summed E-state index contributed by atoms with van der Waals surface area (Å²) in [6, 6.07) is 0. The van der Waals surface area contributed by atoms with Crippen molar-refractivity contribution in [2.24, 2.45) is 0 Å². The Morgan fingerprint density at radius 2 is 0.845 bits per heavy atom. The summed E-state index contributed by atoms with van der Waals surface area (Å²) in [4.78, 5) is 51.0. The van der Waals surface area contributed by atoms with Crippen LogP contribution in [0, 0.1) is 0 Å². The van der Waals surface area contributed by atoms with Crippen LogP contribution in [-0.2, 0) is 42.9 Å². The van der Waals surface area contributed by atoms with E-state index < -0.39 is 67.3 Å². The molecule has 0 bridgehead atoms. The van der Waals surface area contributed by atoms with Gasteiger partial charge in [-0.25, -0.2) is 4.79 Å². The number of aliphatic hydroxyl groups excluding tert-OH is 2. The fourth-order valence-electron chi connectivity index (χ4n) is 8.43. The number of hydrogen-bond acceptors (Lipinski definition) is 11. The molecule has 1 aliphatic rings. The van der Waals surface area contributed by atoms with Gasteiger partial charge in [0.1, 0.15) is 18.8 Å². The van der Waals surface area contributed by atoms with Gasteiger partial charge in [-0.2, -0.15) is 0 Å². The molecule has 3 N–H and O–H groups in total. The fraction of sp³-hybridized carbons (Fsp3) is 0.797. The lowest BCUT2D eigenvalue weighted by atomic mass is 9.98. The minimum Gasteiger partial charge on any atom is -0.479 e. The van der Waals surface area contributed by atoms with E-state index in [2.05, 4.69) is 69.4 Å². The van der Waals surface area contributed by atoms with Crippen LogP contribution in [-0.4, -0.2) is 89.2 Å². The monoisotopic (exact) mass is 1000 g/mol. The molecule has 0 amide bonds. The third-order valence-corrected chi connectivity index (χ3v) is 12.9. The molecule has 0 aliphatic carbocycles. The molecule has 0 radical (unpaired) electrons. The van der Waals surface area contributed by atoms with E-state index in [9.17, 15) is 34.5 Å². The van der Waals surface area contributed by atoms with Gasteiger partial charge in [0.15, 0.2) is 24.6 Å². The van der Waals surface area contributed by atoms with Gasteiger partial charge in [-0.1, -0.05) is 198 Å². The molecule has 0 spiro atoms. The summed E-state index contributed by atoms with van der Waals surface area (Å²) in [5.41, 5.74) is 0. The summed E-state index contributed by atoms with van der Waals surface area (Å²) in [5.74, 6) is -3.14. The Balaban J connectivity index is 2.71. The van der Waals surface area contributed by atoms with Gasteiger partial charge in [-0.05, 0) is 83.5 Å². The van der Waals surface area contributed by atoms with Crippen LogP contribution in [0.5, 0.6) is 0 Å². The number of ether oxygens (including phenoxy) is 5. The second-order valence-electron chi connectivity index (χ2n) is 19.6. The molecule has 12 nitrogen and oxygen atoms in total. The maximum atomic E-state index is 13.1. The molecule has 0 aromatic carbocycles. The molecule has 410 valence electrons. The third kappa shape index (κ3) is 38.0. The number of esters is 3. The maximum absolute atomic E-state index is 13.1. The highest BCUT2D eigenvalue weighted by Gasteiger charge is 2.50. The van der Waals surface area contributed by atoms with Crippen molar-refractivity contribution in [2.75, 3.05) is 13.2 Å². The highest BCUT2D eigenvalue weighted by Crippen LogP contribution is 2.26. The maximum Gasteiger partial charge on any atom is 0.335 e. The third-order valence-electron chi connectivity index (χ3n) is 12.9. The van der Waals surface area contributed by atoms with Crippen LogP contribution in [0.15, 0.2) is 48.6 Å². The van der Waals surface area contributed by atoms with Crippen molar-refractivity contribution in [1.82, 2.24) is 0 Å². The predicted molar refractivity (Wildman–Crippen MR) is 285 cm³/mol. The van der Waals surface area contributed by atoms with Crippen LogP contribution in [0.25, 0.3) is 0 Å². The van der Waals surface area contributed by atoms with Crippen LogP contribution in [0.1, 0.15) is 252 Å². The number of hydrogen-bond donors (Lipinski definition) is 3. The minimum absolute atomic E-state index is 0.0445. The summed E-state index contributed by atoms with van der Waals surface area (Å²) in [6.07, 6.45) is 43.7. The zero-order valence-corrected chi connectivity index (χ0v) is 45.0. The molecular weight excluding hydrogens is 901 g/mol. The molecule has 1 fully saturated rings. The molecular formula is C59H102O12. The first kappa shape index (κ1) is 65.7. The first-order valence-electron chi connectivity index (χ1n) is 28.6. The topological polar surface area (TPSA) is 175 Å². The average Bonchev–Trinajstić information content (AvgIpc) is 3.35.